The molecule has 0 aromatic heterocycles. The number of rotatable bonds is 8. The lowest BCUT2D eigenvalue weighted by molar-refractivity contribution is 0.694. The van der Waals surface area contributed by atoms with Crippen molar-refractivity contribution in [2.24, 2.45) is 0 Å². The maximum absolute atomic E-state index is 2.44. The van der Waals surface area contributed by atoms with Crippen molar-refractivity contribution in [1.29, 1.82) is 0 Å². The molecule has 8 aromatic carbocycles. The van der Waals surface area contributed by atoms with Crippen molar-refractivity contribution in [3.8, 4) is 0 Å². The lowest BCUT2D eigenvalue weighted by Gasteiger charge is -2.31. The molecule has 0 spiro atoms. The van der Waals surface area contributed by atoms with Gasteiger partial charge in [0.2, 0.25) is 0 Å². The van der Waals surface area contributed by atoms with Gasteiger partial charge in [-0.2, -0.15) is 0 Å². The van der Waals surface area contributed by atoms with E-state index in [9.17, 15) is 0 Å². The average molecular weight is 747 g/mol. The molecule has 0 aliphatic heterocycles. The van der Waals surface area contributed by atoms with Gasteiger partial charge in [0.25, 0.3) is 0 Å². The molecular formula is C56H46N2. The second-order valence-corrected chi connectivity index (χ2v) is 16.7. The minimum atomic E-state index is -0.149. The number of hydrogen-bond donors (Lipinski definition) is 0. The normalized spacial score (nSPS) is 14.7. The van der Waals surface area contributed by atoms with Gasteiger partial charge in [-0.25, -0.2) is 0 Å². The van der Waals surface area contributed by atoms with Crippen LogP contribution in [0.15, 0.2) is 194 Å². The van der Waals surface area contributed by atoms with Crippen molar-refractivity contribution in [3.63, 3.8) is 0 Å². The topological polar surface area (TPSA) is 6.48 Å². The van der Waals surface area contributed by atoms with Crippen LogP contribution >= 0.6 is 0 Å². The summed E-state index contributed by atoms with van der Waals surface area (Å²) < 4.78 is 0. The van der Waals surface area contributed by atoms with Crippen molar-refractivity contribution in [2.45, 2.75) is 38.5 Å². The highest BCUT2D eigenvalue weighted by molar-refractivity contribution is 6.10. The van der Waals surface area contributed by atoms with Gasteiger partial charge in [0.05, 0.1) is 0 Å². The summed E-state index contributed by atoms with van der Waals surface area (Å²) in [4.78, 5) is 4.69. The molecule has 2 aliphatic rings. The van der Waals surface area contributed by atoms with Crippen LogP contribution in [0.2, 0.25) is 0 Å². The summed E-state index contributed by atoms with van der Waals surface area (Å²) in [5.74, 6) is 0. The second kappa shape index (κ2) is 13.9. The van der Waals surface area contributed by atoms with Crippen LogP contribution < -0.4 is 9.80 Å². The Balaban J connectivity index is 0.939. The molecule has 280 valence electrons. The molecule has 0 atom stereocenters. The van der Waals surface area contributed by atoms with Crippen LogP contribution in [0.1, 0.15) is 61.1 Å². The predicted molar refractivity (Wildman–Crippen MR) is 248 cm³/mol. The van der Waals surface area contributed by atoms with Gasteiger partial charge < -0.3 is 9.80 Å². The Bertz CT molecular complexity index is 2790. The third kappa shape index (κ3) is 5.96. The van der Waals surface area contributed by atoms with Crippen LogP contribution in [0.3, 0.4) is 0 Å². The first-order chi connectivity index (χ1) is 28.3. The van der Waals surface area contributed by atoms with Crippen molar-refractivity contribution < 1.29 is 0 Å². The monoisotopic (exact) mass is 746 g/mol. The molecule has 0 bridgehead atoms. The zero-order valence-corrected chi connectivity index (χ0v) is 33.5. The highest BCUT2D eigenvalue weighted by Crippen LogP contribution is 2.63. The number of hydrogen-bond acceptors (Lipinski definition) is 2. The molecule has 0 fully saturated rings. The highest BCUT2D eigenvalue weighted by Gasteiger charge is 2.49. The molecule has 0 N–H and O–H groups in total. The van der Waals surface area contributed by atoms with E-state index >= 15 is 0 Å². The molecule has 10 rings (SSSR count). The van der Waals surface area contributed by atoms with E-state index in [-0.39, 0.29) is 10.8 Å². The van der Waals surface area contributed by atoms with Gasteiger partial charge in [0.1, 0.15) is 0 Å². The Morgan fingerprint density at radius 2 is 0.690 bits per heavy atom. The van der Waals surface area contributed by atoms with Crippen LogP contribution in [0.4, 0.5) is 34.1 Å². The van der Waals surface area contributed by atoms with Crippen LogP contribution in [0.25, 0.3) is 34.1 Å². The van der Waals surface area contributed by atoms with Crippen LogP contribution in [0.5, 0.6) is 0 Å². The van der Waals surface area contributed by atoms with E-state index < -0.39 is 0 Å². The summed E-state index contributed by atoms with van der Waals surface area (Å²) in [6.07, 6.45) is 4.53. The smallest absolute Gasteiger partial charge is 0.0468 e. The van der Waals surface area contributed by atoms with Crippen LogP contribution in [-0.4, -0.2) is 0 Å². The fourth-order valence-corrected chi connectivity index (χ4v) is 9.53. The van der Waals surface area contributed by atoms with E-state index in [0.29, 0.717) is 0 Å². The van der Waals surface area contributed by atoms with E-state index in [2.05, 4.69) is 244 Å². The Morgan fingerprint density at radius 3 is 1.19 bits per heavy atom. The highest BCUT2D eigenvalue weighted by atomic mass is 15.1. The number of allylic oxidation sites excluding steroid dienone is 2. The zero-order chi connectivity index (χ0) is 39.4. The van der Waals surface area contributed by atoms with Crippen molar-refractivity contribution in [3.05, 3.63) is 228 Å². The summed E-state index contributed by atoms with van der Waals surface area (Å²) in [6, 6.07) is 70.3. The van der Waals surface area contributed by atoms with Gasteiger partial charge in [-0.1, -0.05) is 155 Å². The predicted octanol–water partition coefficient (Wildman–Crippen LogP) is 15.4. The van der Waals surface area contributed by atoms with Crippen molar-refractivity contribution in [1.82, 2.24) is 0 Å². The zero-order valence-electron chi connectivity index (χ0n) is 33.5. The summed E-state index contributed by atoms with van der Waals surface area (Å²) in [5, 5.41) is 2.44. The van der Waals surface area contributed by atoms with E-state index in [0.717, 1.165) is 28.4 Å². The molecule has 58 heavy (non-hydrogen) atoms. The SMILES string of the molecule is CC1(C)C2=C(c3ccc(/C=C/c4ccc5cc(N(c6ccccc6)c6ccccc6)ccc5c4)cc31)C(C)(C)c1cc(N(c3ccccc3)c3ccccc3)ccc12. The fourth-order valence-electron chi connectivity index (χ4n) is 9.53. The summed E-state index contributed by atoms with van der Waals surface area (Å²) in [6.45, 7) is 9.65. The lowest BCUT2D eigenvalue weighted by atomic mass is 9.75. The third-order valence-electron chi connectivity index (χ3n) is 12.3. The number of fused-ring (bicyclic) bond motifs is 5. The van der Waals surface area contributed by atoms with Gasteiger partial charge in [0, 0.05) is 45.0 Å². The van der Waals surface area contributed by atoms with Crippen LogP contribution in [-0.2, 0) is 10.8 Å². The molecule has 0 radical (unpaired) electrons. The first-order valence-electron chi connectivity index (χ1n) is 20.3. The van der Waals surface area contributed by atoms with E-state index in [1.54, 1.807) is 0 Å². The Kier molecular flexibility index (Phi) is 8.53. The molecule has 0 saturated carbocycles. The van der Waals surface area contributed by atoms with E-state index in [4.69, 9.17) is 0 Å². The first kappa shape index (κ1) is 35.5. The molecular weight excluding hydrogens is 701 g/mol. The van der Waals surface area contributed by atoms with Crippen LogP contribution in [0, 0.1) is 0 Å². The maximum atomic E-state index is 2.44. The molecule has 2 heteroatoms. The number of anilines is 6. The second-order valence-electron chi connectivity index (χ2n) is 16.7. The maximum Gasteiger partial charge on any atom is 0.0468 e. The minimum Gasteiger partial charge on any atom is -0.310 e. The van der Waals surface area contributed by atoms with Gasteiger partial charge in [0.15, 0.2) is 0 Å². The minimum absolute atomic E-state index is 0.134. The largest absolute Gasteiger partial charge is 0.310 e. The molecule has 8 aromatic rings. The van der Waals surface area contributed by atoms with Gasteiger partial charge in [-0.05, 0) is 134 Å². The summed E-state index contributed by atoms with van der Waals surface area (Å²) >= 11 is 0. The number of para-hydroxylation sites is 4. The lowest BCUT2D eigenvalue weighted by Crippen LogP contribution is -2.20. The van der Waals surface area contributed by atoms with E-state index in [1.165, 1.54) is 61.0 Å². The van der Waals surface area contributed by atoms with Crippen molar-refractivity contribution in [2.75, 3.05) is 9.80 Å². The Hall–Kier alpha value is -6.90. The molecule has 0 saturated heterocycles. The van der Waals surface area contributed by atoms with Gasteiger partial charge in [-0.15, -0.1) is 0 Å². The Labute approximate surface area is 342 Å². The number of benzene rings is 8. The third-order valence-corrected chi connectivity index (χ3v) is 12.3. The first-order valence-corrected chi connectivity index (χ1v) is 20.3. The molecule has 0 heterocycles. The molecule has 2 aliphatic carbocycles. The van der Waals surface area contributed by atoms with Gasteiger partial charge >= 0.3 is 0 Å². The summed E-state index contributed by atoms with van der Waals surface area (Å²) in [5.41, 5.74) is 17.5. The van der Waals surface area contributed by atoms with Crippen molar-refractivity contribution >= 4 is 68.2 Å². The van der Waals surface area contributed by atoms with Gasteiger partial charge in [-0.3, -0.25) is 0 Å². The summed E-state index contributed by atoms with van der Waals surface area (Å²) in [7, 11) is 0. The molecule has 0 amide bonds. The van der Waals surface area contributed by atoms with E-state index in [1.807, 2.05) is 0 Å². The standard InChI is InChI=1S/C56H46N2/c1-55(2)51-36-40(26-25-39-27-29-42-37-47(31-30-41(42)35-39)57(43-17-9-5-10-18-43)44-19-11-6-12-20-44)28-33-49(51)53-54(55)50-34-32-48(38-52(50)56(53,3)4)58(45-21-13-7-14-22-45)46-23-15-8-16-24-46/h5-38H,1-4H3/b26-25+. The molecule has 2 nitrogen and oxygen atoms in total. The fraction of sp³-hybridized carbons (Fsp3) is 0.107. The average Bonchev–Trinajstić information content (AvgIpc) is 3.65. The quantitative estimate of drug-likeness (QED) is 0.143. The molecule has 0 unspecified atom stereocenters. The Morgan fingerprint density at radius 1 is 0.328 bits per heavy atom. The number of nitrogens with zero attached hydrogens (tertiary/aromatic N) is 2.